The van der Waals surface area contributed by atoms with Crippen molar-refractivity contribution in [3.63, 3.8) is 0 Å². The van der Waals surface area contributed by atoms with Gasteiger partial charge in [0, 0.05) is 33.1 Å². The van der Waals surface area contributed by atoms with Crippen LogP contribution in [0.4, 0.5) is 0 Å². The largest absolute Gasteiger partial charge is 0.326 e. The minimum Gasteiger partial charge on any atom is -0.326 e. The fourth-order valence-electron chi connectivity index (χ4n) is 1.91. The normalized spacial score (nSPS) is 17.9. The summed E-state index contributed by atoms with van der Waals surface area (Å²) in [5.74, 6) is 0. The van der Waals surface area contributed by atoms with E-state index in [1.54, 1.807) is 18.3 Å². The monoisotopic (exact) mass is 303 g/mol. The van der Waals surface area contributed by atoms with Crippen molar-refractivity contribution < 1.29 is 14.2 Å². The number of nitrogens with zero attached hydrogens (tertiary/aromatic N) is 2. The molecule has 6 nitrogen and oxygen atoms in total. The molecule has 0 spiro atoms. The summed E-state index contributed by atoms with van der Waals surface area (Å²) in [5, 5.41) is 1.57. The number of hydroxylamine groups is 3. The first kappa shape index (κ1) is 20.3. The van der Waals surface area contributed by atoms with Gasteiger partial charge in [-0.05, 0) is 13.3 Å². The summed E-state index contributed by atoms with van der Waals surface area (Å²) in [4.78, 5) is 11.9. The molecule has 0 saturated heterocycles. The van der Waals surface area contributed by atoms with Gasteiger partial charge in [0.25, 0.3) is 0 Å². The fraction of sp³-hybridized carbons (Fsp3) is 0.867. The van der Waals surface area contributed by atoms with Crippen molar-refractivity contribution in [2.45, 2.75) is 52.0 Å². The van der Waals surface area contributed by atoms with E-state index in [0.29, 0.717) is 11.0 Å². The van der Waals surface area contributed by atoms with E-state index >= 15 is 0 Å². The number of quaternary nitrogens is 1. The Balaban J connectivity index is 4.93. The molecular weight excluding hydrogens is 268 g/mol. The molecule has 3 N–H and O–H groups in total. The lowest BCUT2D eigenvalue weighted by Gasteiger charge is -2.46. The van der Waals surface area contributed by atoms with E-state index in [9.17, 15) is 0 Å². The van der Waals surface area contributed by atoms with Gasteiger partial charge in [-0.1, -0.05) is 20.4 Å². The van der Waals surface area contributed by atoms with Crippen LogP contribution in [0.5, 0.6) is 0 Å². The topological polar surface area (TPSA) is 59.8 Å². The van der Waals surface area contributed by atoms with Gasteiger partial charge in [0.15, 0.2) is 5.72 Å². The smallest absolute Gasteiger partial charge is 0.218 e. The first-order valence-corrected chi connectivity index (χ1v) is 7.62. The Bertz CT molecular complexity index is 325. The second-order valence-corrected chi connectivity index (χ2v) is 6.33. The van der Waals surface area contributed by atoms with Gasteiger partial charge in [-0.3, -0.25) is 14.4 Å². The van der Waals surface area contributed by atoms with Gasteiger partial charge in [0.2, 0.25) is 5.72 Å². The van der Waals surface area contributed by atoms with Crippen molar-refractivity contribution in [2.75, 3.05) is 34.2 Å². The Labute approximate surface area is 130 Å². The maximum atomic E-state index is 6.08. The van der Waals surface area contributed by atoms with Crippen molar-refractivity contribution in [3.8, 4) is 0 Å². The van der Waals surface area contributed by atoms with E-state index in [1.807, 2.05) is 13.8 Å². The molecule has 0 aromatic heterocycles. The van der Waals surface area contributed by atoms with E-state index < -0.39 is 11.4 Å². The van der Waals surface area contributed by atoms with Crippen molar-refractivity contribution in [2.24, 2.45) is 5.73 Å². The van der Waals surface area contributed by atoms with E-state index in [-0.39, 0.29) is 0 Å². The van der Waals surface area contributed by atoms with Crippen LogP contribution in [0.25, 0.3) is 0 Å². The Kier molecular flexibility index (Phi) is 7.84. The number of hydrogen-bond donors (Lipinski definition) is 2. The predicted molar refractivity (Wildman–Crippen MR) is 86.7 cm³/mol. The molecule has 126 valence electrons. The molecule has 0 aromatic rings. The van der Waals surface area contributed by atoms with Gasteiger partial charge in [0.1, 0.15) is 0 Å². The molecule has 0 saturated carbocycles. The number of likely N-dealkylation sites (N-methyl/N-ethyl adjacent to an activating group) is 1. The molecule has 0 aliphatic heterocycles. The Morgan fingerprint density at radius 2 is 1.86 bits per heavy atom. The zero-order valence-electron chi connectivity index (χ0n) is 14.9. The van der Waals surface area contributed by atoms with Gasteiger partial charge < -0.3 is 5.73 Å². The van der Waals surface area contributed by atoms with Crippen LogP contribution in [0.1, 0.15) is 40.5 Å². The van der Waals surface area contributed by atoms with Gasteiger partial charge >= 0.3 is 0 Å². The van der Waals surface area contributed by atoms with Crippen LogP contribution in [0.3, 0.4) is 0 Å². The highest BCUT2D eigenvalue weighted by atomic mass is 16.8. The van der Waals surface area contributed by atoms with Crippen LogP contribution >= 0.6 is 0 Å². The molecule has 2 atom stereocenters. The fourth-order valence-corrected chi connectivity index (χ4v) is 1.91. The van der Waals surface area contributed by atoms with Crippen LogP contribution in [0.15, 0.2) is 12.8 Å². The number of rotatable bonds is 11. The second-order valence-electron chi connectivity index (χ2n) is 6.33. The summed E-state index contributed by atoms with van der Waals surface area (Å²) in [7, 11) is 6.05. The van der Waals surface area contributed by atoms with Crippen molar-refractivity contribution in [3.05, 3.63) is 12.8 Å². The summed E-state index contributed by atoms with van der Waals surface area (Å²) in [6.45, 7) is 13.3. The van der Waals surface area contributed by atoms with Gasteiger partial charge in [0.05, 0.1) is 20.6 Å². The third-order valence-corrected chi connectivity index (χ3v) is 4.39. The third kappa shape index (κ3) is 5.56. The zero-order valence-corrected chi connectivity index (χ0v) is 14.9. The van der Waals surface area contributed by atoms with Gasteiger partial charge in [-0.25, -0.2) is 4.84 Å². The molecule has 2 unspecified atom stereocenters. The first-order chi connectivity index (χ1) is 9.59. The summed E-state index contributed by atoms with van der Waals surface area (Å²) >= 11 is 0. The molecule has 6 heteroatoms. The van der Waals surface area contributed by atoms with E-state index in [0.717, 1.165) is 19.4 Å². The average molecular weight is 303 g/mol. The standard InChI is InChI=1S/C15H35N4O2/c1-9-14(4,21-18(6)11-3)17-20-15(5,10-2)19(7,8)13-12-16/h11,17H,3,9-10,12-13,16H2,1-2,4-8H3/q+1. The van der Waals surface area contributed by atoms with Crippen molar-refractivity contribution >= 4 is 0 Å². The molecule has 0 aliphatic carbocycles. The quantitative estimate of drug-likeness (QED) is 0.346. The molecule has 0 heterocycles. The van der Waals surface area contributed by atoms with Crippen LogP contribution in [-0.2, 0) is 9.68 Å². The van der Waals surface area contributed by atoms with Crippen LogP contribution in [-0.4, -0.2) is 55.2 Å². The highest BCUT2D eigenvalue weighted by Gasteiger charge is 2.42. The summed E-state index contributed by atoms with van der Waals surface area (Å²) in [5.41, 5.74) is 7.80. The van der Waals surface area contributed by atoms with Gasteiger partial charge in [-0.2, -0.15) is 5.48 Å². The Morgan fingerprint density at radius 3 is 2.24 bits per heavy atom. The minimum absolute atomic E-state index is 0.397. The molecule has 0 aromatic carbocycles. The Morgan fingerprint density at radius 1 is 1.29 bits per heavy atom. The highest BCUT2D eigenvalue weighted by Crippen LogP contribution is 2.26. The molecule has 0 radical (unpaired) electrons. The predicted octanol–water partition coefficient (Wildman–Crippen LogP) is 1.80. The second kappa shape index (κ2) is 8.10. The maximum Gasteiger partial charge on any atom is 0.218 e. The minimum atomic E-state index is -0.623. The molecule has 0 amide bonds. The lowest BCUT2D eigenvalue weighted by Crippen LogP contribution is -2.64. The lowest BCUT2D eigenvalue weighted by atomic mass is 10.1. The van der Waals surface area contributed by atoms with E-state index in [1.165, 1.54) is 0 Å². The summed E-state index contributed by atoms with van der Waals surface area (Å²) in [6.07, 6.45) is 3.21. The third-order valence-electron chi connectivity index (χ3n) is 4.39. The van der Waals surface area contributed by atoms with Crippen LogP contribution < -0.4 is 11.2 Å². The maximum absolute atomic E-state index is 6.08. The van der Waals surface area contributed by atoms with Crippen LogP contribution in [0, 0.1) is 0 Å². The first-order valence-electron chi connectivity index (χ1n) is 7.62. The van der Waals surface area contributed by atoms with Crippen molar-refractivity contribution in [1.82, 2.24) is 10.5 Å². The number of hydrogen-bond acceptors (Lipinski definition) is 5. The highest BCUT2D eigenvalue weighted by molar-refractivity contribution is 4.69. The SMILES string of the molecule is C=CN(C)OC(C)(CC)NOC(C)(CC)[N+](C)(C)CCN. The molecule has 0 bridgehead atoms. The van der Waals surface area contributed by atoms with Gasteiger partial charge in [-0.15, -0.1) is 0 Å². The average Bonchev–Trinajstić information content (AvgIpc) is 2.44. The molecular formula is C15H35N4O2+. The zero-order chi connectivity index (χ0) is 16.7. The van der Waals surface area contributed by atoms with E-state index in [4.69, 9.17) is 15.4 Å². The van der Waals surface area contributed by atoms with Crippen molar-refractivity contribution in [1.29, 1.82) is 0 Å². The molecule has 0 fully saturated rings. The summed E-state index contributed by atoms with van der Waals surface area (Å²) in [6, 6.07) is 0. The number of nitrogens with two attached hydrogens (primary N) is 1. The summed E-state index contributed by atoms with van der Waals surface area (Å²) < 4.78 is 0.671. The number of nitrogens with one attached hydrogen (secondary N) is 1. The van der Waals surface area contributed by atoms with E-state index in [2.05, 4.69) is 40.0 Å². The van der Waals surface area contributed by atoms with Crippen LogP contribution in [0.2, 0.25) is 0 Å². The molecule has 21 heavy (non-hydrogen) atoms. The molecule has 0 aliphatic rings. The molecule has 0 rings (SSSR count). The Hall–Kier alpha value is -0.660. The lowest BCUT2D eigenvalue weighted by molar-refractivity contribution is -0.967.